The number of ether oxygens (including phenoxy) is 1. The van der Waals surface area contributed by atoms with E-state index >= 15 is 0 Å². The summed E-state index contributed by atoms with van der Waals surface area (Å²) in [5, 5.41) is 4.19. The van der Waals surface area contributed by atoms with Crippen LogP contribution in [0.2, 0.25) is 0 Å². The van der Waals surface area contributed by atoms with E-state index in [1.807, 2.05) is 6.92 Å². The maximum absolute atomic E-state index is 12.1. The van der Waals surface area contributed by atoms with E-state index in [9.17, 15) is 8.78 Å². The fourth-order valence-electron chi connectivity index (χ4n) is 1.37. The van der Waals surface area contributed by atoms with Crippen LogP contribution in [0.4, 0.5) is 8.78 Å². The summed E-state index contributed by atoms with van der Waals surface area (Å²) in [5.74, 6) is 0.113. The molecule has 1 heterocycles. The topological polar surface area (TPSA) is 27.1 Å². The Hall–Kier alpha value is -1.43. The summed E-state index contributed by atoms with van der Waals surface area (Å²) in [4.78, 5) is 0. The lowest BCUT2D eigenvalue weighted by Gasteiger charge is -2.06. The van der Waals surface area contributed by atoms with E-state index in [1.54, 1.807) is 23.0 Å². The third kappa shape index (κ3) is 2.82. The van der Waals surface area contributed by atoms with Gasteiger partial charge in [-0.2, -0.15) is 13.9 Å². The molecular formula is C11H9BrF2N2O. The highest BCUT2D eigenvalue weighted by Gasteiger charge is 2.07. The van der Waals surface area contributed by atoms with Crippen LogP contribution in [0.5, 0.6) is 5.75 Å². The van der Waals surface area contributed by atoms with Gasteiger partial charge in [0.1, 0.15) is 10.4 Å². The lowest BCUT2D eigenvalue weighted by Crippen LogP contribution is -2.02. The summed E-state index contributed by atoms with van der Waals surface area (Å²) in [6.07, 6.45) is 1.80. The van der Waals surface area contributed by atoms with E-state index in [-0.39, 0.29) is 5.75 Å². The smallest absolute Gasteiger partial charge is 0.387 e. The van der Waals surface area contributed by atoms with E-state index in [4.69, 9.17) is 0 Å². The Balaban J connectivity index is 2.32. The fraction of sp³-hybridized carbons (Fsp3) is 0.182. The van der Waals surface area contributed by atoms with Crippen molar-refractivity contribution in [1.29, 1.82) is 0 Å². The van der Waals surface area contributed by atoms with Gasteiger partial charge in [0.25, 0.3) is 0 Å². The summed E-state index contributed by atoms with van der Waals surface area (Å²) >= 11 is 3.29. The van der Waals surface area contributed by atoms with Crippen LogP contribution in [0, 0.1) is 6.92 Å². The summed E-state index contributed by atoms with van der Waals surface area (Å²) in [6, 6.07) is 6.38. The highest BCUT2D eigenvalue weighted by molar-refractivity contribution is 9.10. The van der Waals surface area contributed by atoms with Crippen molar-refractivity contribution in [2.24, 2.45) is 0 Å². The number of hydrogen-bond donors (Lipinski definition) is 0. The summed E-state index contributed by atoms with van der Waals surface area (Å²) in [6.45, 7) is -0.927. The van der Waals surface area contributed by atoms with Gasteiger partial charge < -0.3 is 4.74 Å². The second-order valence-corrected chi connectivity index (χ2v) is 4.17. The van der Waals surface area contributed by atoms with Crippen molar-refractivity contribution in [3.63, 3.8) is 0 Å². The third-order valence-electron chi connectivity index (χ3n) is 2.14. The number of aromatic nitrogens is 2. The predicted octanol–water partition coefficient (Wildman–Crippen LogP) is 3.54. The number of aryl methyl sites for hydroxylation is 1. The molecule has 0 bridgehead atoms. The van der Waals surface area contributed by atoms with Gasteiger partial charge in [0.05, 0.1) is 5.69 Å². The van der Waals surface area contributed by atoms with Crippen LogP contribution in [0.15, 0.2) is 35.1 Å². The van der Waals surface area contributed by atoms with Crippen LogP contribution in [0.1, 0.15) is 5.56 Å². The van der Waals surface area contributed by atoms with Gasteiger partial charge >= 0.3 is 6.61 Å². The van der Waals surface area contributed by atoms with Crippen LogP contribution >= 0.6 is 15.9 Å². The minimum Gasteiger partial charge on any atom is -0.435 e. The Bertz CT molecular complexity index is 508. The molecule has 0 saturated heterocycles. The summed E-state index contributed by atoms with van der Waals surface area (Å²) < 4.78 is 30.8. The van der Waals surface area contributed by atoms with Crippen LogP contribution in [-0.4, -0.2) is 16.4 Å². The fourth-order valence-corrected chi connectivity index (χ4v) is 1.65. The van der Waals surface area contributed by atoms with E-state index in [0.29, 0.717) is 5.69 Å². The minimum absolute atomic E-state index is 0.113. The van der Waals surface area contributed by atoms with Gasteiger partial charge in [-0.25, -0.2) is 4.68 Å². The first-order chi connectivity index (χ1) is 8.06. The molecule has 0 aliphatic carbocycles. The first kappa shape index (κ1) is 12.0. The van der Waals surface area contributed by atoms with Gasteiger partial charge in [-0.3, -0.25) is 0 Å². The molecule has 0 atom stereocenters. The molecule has 3 nitrogen and oxygen atoms in total. The molecule has 0 saturated carbocycles. The lowest BCUT2D eigenvalue weighted by molar-refractivity contribution is -0.0498. The maximum atomic E-state index is 12.1. The van der Waals surface area contributed by atoms with Crippen molar-refractivity contribution in [3.05, 3.63) is 40.6 Å². The largest absolute Gasteiger partial charge is 0.435 e. The van der Waals surface area contributed by atoms with Gasteiger partial charge in [0.2, 0.25) is 0 Å². The molecule has 0 aliphatic heterocycles. The number of rotatable bonds is 3. The molecule has 0 spiro atoms. The van der Waals surface area contributed by atoms with Crippen LogP contribution < -0.4 is 4.74 Å². The zero-order valence-electron chi connectivity index (χ0n) is 8.90. The Morgan fingerprint density at radius 1 is 1.41 bits per heavy atom. The van der Waals surface area contributed by atoms with E-state index in [2.05, 4.69) is 25.8 Å². The molecule has 0 fully saturated rings. The van der Waals surface area contributed by atoms with Crippen molar-refractivity contribution >= 4 is 15.9 Å². The third-order valence-corrected chi connectivity index (χ3v) is 2.93. The predicted molar refractivity (Wildman–Crippen MR) is 62.6 cm³/mol. The van der Waals surface area contributed by atoms with E-state index in [1.165, 1.54) is 12.1 Å². The zero-order valence-corrected chi connectivity index (χ0v) is 10.5. The average Bonchev–Trinajstić information content (AvgIpc) is 2.59. The Labute approximate surface area is 105 Å². The number of nitrogens with zero attached hydrogens (tertiary/aromatic N) is 2. The van der Waals surface area contributed by atoms with Gasteiger partial charge in [0.15, 0.2) is 0 Å². The van der Waals surface area contributed by atoms with Crippen LogP contribution in [-0.2, 0) is 0 Å². The second kappa shape index (κ2) is 4.83. The van der Waals surface area contributed by atoms with Gasteiger partial charge in [0, 0.05) is 17.8 Å². The van der Waals surface area contributed by atoms with Gasteiger partial charge in [-0.05, 0) is 35.0 Å². The Morgan fingerprint density at radius 2 is 2.18 bits per heavy atom. The van der Waals surface area contributed by atoms with Crippen molar-refractivity contribution in [2.45, 2.75) is 13.5 Å². The minimum atomic E-state index is -2.82. The van der Waals surface area contributed by atoms with Crippen molar-refractivity contribution in [1.82, 2.24) is 9.78 Å². The molecule has 0 aliphatic rings. The SMILES string of the molecule is Cc1cn(-c2cccc(OC(F)F)c2)nc1Br. The number of alkyl halides is 2. The van der Waals surface area contributed by atoms with Gasteiger partial charge in [-0.15, -0.1) is 0 Å². The van der Waals surface area contributed by atoms with Crippen molar-refractivity contribution in [3.8, 4) is 11.4 Å². The number of benzene rings is 1. The second-order valence-electron chi connectivity index (χ2n) is 3.42. The van der Waals surface area contributed by atoms with Gasteiger partial charge in [-0.1, -0.05) is 6.07 Å². The molecule has 2 aromatic rings. The first-order valence-corrected chi connectivity index (χ1v) is 5.62. The normalized spacial score (nSPS) is 10.9. The summed E-state index contributed by atoms with van der Waals surface area (Å²) in [5.41, 5.74) is 1.63. The molecule has 0 unspecified atom stereocenters. The first-order valence-electron chi connectivity index (χ1n) is 4.83. The molecule has 1 aromatic carbocycles. The van der Waals surface area contributed by atoms with E-state index in [0.717, 1.165) is 10.2 Å². The Morgan fingerprint density at radius 3 is 2.76 bits per heavy atom. The van der Waals surface area contributed by atoms with Crippen molar-refractivity contribution in [2.75, 3.05) is 0 Å². The molecule has 1 aromatic heterocycles. The molecule has 6 heteroatoms. The average molecular weight is 303 g/mol. The molecule has 0 N–H and O–H groups in total. The highest BCUT2D eigenvalue weighted by Crippen LogP contribution is 2.21. The molecule has 0 amide bonds. The number of hydrogen-bond acceptors (Lipinski definition) is 2. The van der Waals surface area contributed by atoms with E-state index < -0.39 is 6.61 Å². The molecule has 90 valence electrons. The zero-order chi connectivity index (χ0) is 12.4. The monoisotopic (exact) mass is 302 g/mol. The quantitative estimate of drug-likeness (QED) is 0.867. The lowest BCUT2D eigenvalue weighted by atomic mass is 10.3. The number of halogens is 3. The highest BCUT2D eigenvalue weighted by atomic mass is 79.9. The molecule has 0 radical (unpaired) electrons. The summed E-state index contributed by atoms with van der Waals surface area (Å²) in [7, 11) is 0. The molecule has 2 rings (SSSR count). The standard InChI is InChI=1S/C11H9BrF2N2O/c1-7-6-16(15-10(7)12)8-3-2-4-9(5-8)17-11(13)14/h2-6,11H,1H3. The van der Waals surface area contributed by atoms with Crippen LogP contribution in [0.25, 0.3) is 5.69 Å². The van der Waals surface area contributed by atoms with Crippen LogP contribution in [0.3, 0.4) is 0 Å². The van der Waals surface area contributed by atoms with Crippen molar-refractivity contribution < 1.29 is 13.5 Å². The maximum Gasteiger partial charge on any atom is 0.387 e. The molecule has 17 heavy (non-hydrogen) atoms. The Kier molecular flexibility index (Phi) is 3.42. The molecular weight excluding hydrogens is 294 g/mol.